The Morgan fingerprint density at radius 1 is 1.24 bits per heavy atom. The number of rotatable bonds is 5. The third-order valence-corrected chi connectivity index (χ3v) is 5.10. The average molecular weight is 309 g/mol. The Kier molecular flexibility index (Phi) is 5.36. The van der Waals surface area contributed by atoms with E-state index in [-0.39, 0.29) is 11.2 Å². The Morgan fingerprint density at radius 2 is 1.86 bits per heavy atom. The van der Waals surface area contributed by atoms with Crippen molar-refractivity contribution in [1.29, 1.82) is 0 Å². The van der Waals surface area contributed by atoms with Gasteiger partial charge in [0.1, 0.15) is 0 Å². The molecule has 0 bridgehead atoms. The lowest BCUT2D eigenvalue weighted by atomic mass is 10.2. The lowest BCUT2D eigenvalue weighted by Gasteiger charge is -2.20. The van der Waals surface area contributed by atoms with E-state index in [1.807, 2.05) is 18.7 Å². The van der Waals surface area contributed by atoms with Gasteiger partial charge in [-0.1, -0.05) is 25.6 Å². The van der Waals surface area contributed by atoms with Crippen LogP contribution in [0.4, 0.5) is 0 Å². The molecule has 118 valence electrons. The Balaban J connectivity index is 2.11. The fourth-order valence-corrected chi connectivity index (χ4v) is 3.79. The van der Waals surface area contributed by atoms with E-state index in [4.69, 9.17) is 0 Å². The molecule has 0 saturated carbocycles. The monoisotopic (exact) mass is 309 g/mol. The van der Waals surface area contributed by atoms with E-state index in [9.17, 15) is 4.79 Å². The van der Waals surface area contributed by atoms with Gasteiger partial charge in [-0.2, -0.15) is 0 Å². The summed E-state index contributed by atoms with van der Waals surface area (Å²) in [7, 11) is 0. The number of aromatic nitrogens is 2. The first-order valence-corrected chi connectivity index (χ1v) is 8.77. The number of carbonyl (C=O) groups is 1. The summed E-state index contributed by atoms with van der Waals surface area (Å²) in [6.45, 7) is 13.4. The fourth-order valence-electron chi connectivity index (χ4n) is 2.70. The first-order valence-electron chi connectivity index (χ1n) is 7.89. The van der Waals surface area contributed by atoms with E-state index in [1.54, 1.807) is 11.8 Å². The molecule has 1 unspecified atom stereocenters. The summed E-state index contributed by atoms with van der Waals surface area (Å²) in [6, 6.07) is 0. The third kappa shape index (κ3) is 3.82. The van der Waals surface area contributed by atoms with Crippen molar-refractivity contribution in [2.24, 2.45) is 5.92 Å². The Labute approximate surface area is 132 Å². The van der Waals surface area contributed by atoms with Gasteiger partial charge in [0.15, 0.2) is 5.16 Å². The molecule has 2 heterocycles. The number of thioether (sulfide) groups is 1. The van der Waals surface area contributed by atoms with Crippen LogP contribution >= 0.6 is 11.8 Å². The van der Waals surface area contributed by atoms with E-state index >= 15 is 0 Å². The molecule has 1 aromatic rings. The van der Waals surface area contributed by atoms with Gasteiger partial charge in [0.25, 0.3) is 0 Å². The molecule has 0 spiro atoms. The summed E-state index contributed by atoms with van der Waals surface area (Å²) >= 11 is 1.60. The Bertz CT molecular complexity index is 504. The van der Waals surface area contributed by atoms with Crippen LogP contribution in [-0.2, 0) is 11.3 Å². The summed E-state index contributed by atoms with van der Waals surface area (Å²) in [5.74, 6) is 0.827. The average Bonchev–Trinajstić information content (AvgIpc) is 3.02. The standard InChI is InChI=1S/C16H27N3OS/c1-11(2)10-19-13(4)12(3)17-16(19)21-14(5)15(20)18-8-6-7-9-18/h11,14H,6-10H2,1-5H3. The number of hydrogen-bond acceptors (Lipinski definition) is 3. The molecule has 5 heteroatoms. The zero-order valence-corrected chi connectivity index (χ0v) is 14.7. The van der Waals surface area contributed by atoms with Gasteiger partial charge in [-0.25, -0.2) is 4.98 Å². The first kappa shape index (κ1) is 16.4. The quantitative estimate of drug-likeness (QED) is 0.784. The highest BCUT2D eigenvalue weighted by Crippen LogP contribution is 2.27. The maximum Gasteiger partial charge on any atom is 0.235 e. The molecule has 1 saturated heterocycles. The normalized spacial score (nSPS) is 16.8. The summed E-state index contributed by atoms with van der Waals surface area (Å²) < 4.78 is 2.26. The van der Waals surface area contributed by atoms with Gasteiger partial charge in [-0.15, -0.1) is 0 Å². The van der Waals surface area contributed by atoms with Crippen molar-refractivity contribution >= 4 is 17.7 Å². The summed E-state index contributed by atoms with van der Waals surface area (Å²) in [4.78, 5) is 19.1. The molecule has 0 aliphatic carbocycles. The molecule has 21 heavy (non-hydrogen) atoms. The van der Waals surface area contributed by atoms with Crippen molar-refractivity contribution in [3.63, 3.8) is 0 Å². The maximum atomic E-state index is 12.4. The zero-order chi connectivity index (χ0) is 15.6. The van der Waals surface area contributed by atoms with Gasteiger partial charge in [-0.3, -0.25) is 4.79 Å². The van der Waals surface area contributed by atoms with Crippen molar-refractivity contribution in [1.82, 2.24) is 14.5 Å². The molecule has 1 aromatic heterocycles. The third-order valence-electron chi connectivity index (χ3n) is 4.02. The molecule has 0 N–H and O–H groups in total. The van der Waals surface area contributed by atoms with E-state index in [0.717, 1.165) is 43.3 Å². The minimum absolute atomic E-state index is 0.0600. The van der Waals surface area contributed by atoms with E-state index < -0.39 is 0 Å². The molecular weight excluding hydrogens is 282 g/mol. The van der Waals surface area contributed by atoms with Gasteiger partial charge in [-0.05, 0) is 39.5 Å². The Hall–Kier alpha value is -0.970. The van der Waals surface area contributed by atoms with Crippen LogP contribution in [-0.4, -0.2) is 38.7 Å². The SMILES string of the molecule is Cc1nc(SC(C)C(=O)N2CCCC2)n(CC(C)C)c1C. The highest BCUT2D eigenvalue weighted by molar-refractivity contribution is 8.00. The second-order valence-corrected chi connectivity index (χ2v) is 7.67. The predicted molar refractivity (Wildman–Crippen MR) is 87.7 cm³/mol. The summed E-state index contributed by atoms with van der Waals surface area (Å²) in [5.41, 5.74) is 2.28. The second kappa shape index (κ2) is 6.86. The molecule has 1 aliphatic rings. The molecule has 1 fully saturated rings. The van der Waals surface area contributed by atoms with Crippen LogP contribution in [0.15, 0.2) is 5.16 Å². The molecular formula is C16H27N3OS. The van der Waals surface area contributed by atoms with Crippen LogP contribution in [0.25, 0.3) is 0 Å². The van der Waals surface area contributed by atoms with Crippen LogP contribution in [0.1, 0.15) is 45.0 Å². The fraction of sp³-hybridized carbons (Fsp3) is 0.750. The highest BCUT2D eigenvalue weighted by atomic mass is 32.2. The molecule has 4 nitrogen and oxygen atoms in total. The van der Waals surface area contributed by atoms with Crippen molar-refractivity contribution in [3.8, 4) is 0 Å². The first-order chi connectivity index (χ1) is 9.90. The van der Waals surface area contributed by atoms with Gasteiger partial charge < -0.3 is 9.47 Å². The number of nitrogens with zero attached hydrogens (tertiary/aromatic N) is 3. The molecule has 1 aliphatic heterocycles. The number of imidazole rings is 1. The van der Waals surface area contributed by atoms with Crippen LogP contribution < -0.4 is 0 Å². The topological polar surface area (TPSA) is 38.1 Å². The number of aryl methyl sites for hydroxylation is 1. The van der Waals surface area contributed by atoms with Crippen LogP contribution in [0.5, 0.6) is 0 Å². The van der Waals surface area contributed by atoms with Gasteiger partial charge >= 0.3 is 0 Å². The number of hydrogen-bond donors (Lipinski definition) is 0. The lowest BCUT2D eigenvalue weighted by molar-refractivity contribution is -0.129. The van der Waals surface area contributed by atoms with Crippen molar-refractivity contribution in [3.05, 3.63) is 11.4 Å². The van der Waals surface area contributed by atoms with Gasteiger partial charge in [0.05, 0.1) is 10.9 Å². The van der Waals surface area contributed by atoms with Crippen molar-refractivity contribution in [2.45, 2.75) is 64.4 Å². The molecule has 2 rings (SSSR count). The van der Waals surface area contributed by atoms with Crippen LogP contribution in [0.2, 0.25) is 0 Å². The van der Waals surface area contributed by atoms with E-state index in [1.165, 1.54) is 5.69 Å². The lowest BCUT2D eigenvalue weighted by Crippen LogP contribution is -2.34. The predicted octanol–water partition coefficient (Wildman–Crippen LogP) is 3.26. The van der Waals surface area contributed by atoms with Gasteiger partial charge in [0, 0.05) is 25.3 Å². The van der Waals surface area contributed by atoms with Crippen molar-refractivity contribution in [2.75, 3.05) is 13.1 Å². The molecule has 1 atom stereocenters. The number of carbonyl (C=O) groups excluding carboxylic acids is 1. The Morgan fingerprint density at radius 3 is 2.43 bits per heavy atom. The van der Waals surface area contributed by atoms with Gasteiger partial charge in [0.2, 0.25) is 5.91 Å². The number of likely N-dealkylation sites (tertiary alicyclic amines) is 1. The second-order valence-electron chi connectivity index (χ2n) is 6.36. The molecule has 0 aromatic carbocycles. The molecule has 0 radical (unpaired) electrons. The summed E-state index contributed by atoms with van der Waals surface area (Å²) in [6.07, 6.45) is 2.28. The largest absolute Gasteiger partial charge is 0.342 e. The highest BCUT2D eigenvalue weighted by Gasteiger charge is 2.26. The van der Waals surface area contributed by atoms with Crippen LogP contribution in [0, 0.1) is 19.8 Å². The summed E-state index contributed by atoms with van der Waals surface area (Å²) in [5, 5.41) is 0.925. The maximum absolute atomic E-state index is 12.4. The molecule has 1 amide bonds. The van der Waals surface area contributed by atoms with Crippen LogP contribution in [0.3, 0.4) is 0 Å². The van der Waals surface area contributed by atoms with E-state index in [0.29, 0.717) is 5.92 Å². The number of amides is 1. The minimum Gasteiger partial charge on any atom is -0.342 e. The zero-order valence-electron chi connectivity index (χ0n) is 13.8. The van der Waals surface area contributed by atoms with Crippen molar-refractivity contribution < 1.29 is 4.79 Å². The van der Waals surface area contributed by atoms with E-state index in [2.05, 4.69) is 30.3 Å². The minimum atomic E-state index is -0.0600. The smallest absolute Gasteiger partial charge is 0.235 e.